The first kappa shape index (κ1) is 15.6. The maximum Gasteiger partial charge on any atom is 0.244 e. The molecule has 112 valence electrons. The Morgan fingerprint density at radius 1 is 1.45 bits per heavy atom. The molecule has 1 aromatic carbocycles. The standard InChI is InChI=1S/C13H19ClN2O3S/c1-9-7-11(14)13(8-12(9)15)20(18,19)16(5-6-17)10-3-2-4-10/h7-8,10,17H,2-6,15H2,1H3. The van der Waals surface area contributed by atoms with Gasteiger partial charge in [-0.05, 0) is 37.5 Å². The van der Waals surface area contributed by atoms with Crippen LogP contribution in [0.25, 0.3) is 0 Å². The summed E-state index contributed by atoms with van der Waals surface area (Å²) in [6.45, 7) is 1.64. The van der Waals surface area contributed by atoms with E-state index in [0.29, 0.717) is 5.69 Å². The fraction of sp³-hybridized carbons (Fsp3) is 0.538. The van der Waals surface area contributed by atoms with Crippen LogP contribution >= 0.6 is 11.6 Å². The number of benzene rings is 1. The number of sulfonamides is 1. The van der Waals surface area contributed by atoms with Gasteiger partial charge < -0.3 is 10.8 Å². The molecular formula is C13H19ClN2O3S. The highest BCUT2D eigenvalue weighted by molar-refractivity contribution is 7.89. The second kappa shape index (κ2) is 5.89. The summed E-state index contributed by atoms with van der Waals surface area (Å²) >= 11 is 6.07. The number of nitrogen functional groups attached to an aromatic ring is 1. The first-order chi connectivity index (χ1) is 9.37. The van der Waals surface area contributed by atoms with E-state index in [1.165, 1.54) is 10.4 Å². The molecule has 3 N–H and O–H groups in total. The fourth-order valence-electron chi connectivity index (χ4n) is 2.26. The molecular weight excluding hydrogens is 300 g/mol. The van der Waals surface area contributed by atoms with Gasteiger partial charge in [0.05, 0.1) is 11.6 Å². The molecule has 0 bridgehead atoms. The second-order valence-electron chi connectivity index (χ2n) is 5.06. The van der Waals surface area contributed by atoms with E-state index < -0.39 is 10.0 Å². The Hall–Kier alpha value is -0.820. The fourth-order valence-corrected chi connectivity index (χ4v) is 4.53. The zero-order chi connectivity index (χ0) is 14.9. The molecule has 1 aliphatic carbocycles. The Morgan fingerprint density at radius 3 is 2.60 bits per heavy atom. The maximum atomic E-state index is 12.7. The van der Waals surface area contributed by atoms with Gasteiger partial charge in [-0.3, -0.25) is 0 Å². The second-order valence-corrected chi connectivity index (χ2v) is 7.33. The summed E-state index contributed by atoms with van der Waals surface area (Å²) in [6.07, 6.45) is 2.64. The lowest BCUT2D eigenvalue weighted by Gasteiger charge is -2.36. The van der Waals surface area contributed by atoms with Gasteiger partial charge in [-0.1, -0.05) is 18.0 Å². The summed E-state index contributed by atoms with van der Waals surface area (Å²) in [4.78, 5) is 0.0163. The SMILES string of the molecule is Cc1cc(Cl)c(S(=O)(=O)N(CCO)C2CCC2)cc1N. The Bertz CT molecular complexity index is 600. The van der Waals surface area contributed by atoms with E-state index in [0.717, 1.165) is 24.8 Å². The Balaban J connectivity index is 2.44. The van der Waals surface area contributed by atoms with Gasteiger partial charge in [0.1, 0.15) is 4.90 Å². The molecule has 0 heterocycles. The number of aliphatic hydroxyl groups is 1. The molecule has 1 fully saturated rings. The smallest absolute Gasteiger partial charge is 0.244 e. The van der Waals surface area contributed by atoms with Gasteiger partial charge in [0.2, 0.25) is 10.0 Å². The number of nitrogens with two attached hydrogens (primary N) is 1. The minimum atomic E-state index is -3.73. The van der Waals surface area contributed by atoms with E-state index in [4.69, 9.17) is 22.4 Å². The minimum absolute atomic E-state index is 0.0163. The Morgan fingerprint density at radius 2 is 2.10 bits per heavy atom. The molecule has 0 atom stereocenters. The first-order valence-electron chi connectivity index (χ1n) is 6.56. The van der Waals surface area contributed by atoms with Crippen molar-refractivity contribution in [3.63, 3.8) is 0 Å². The zero-order valence-corrected chi connectivity index (χ0v) is 12.9. The summed E-state index contributed by atoms with van der Waals surface area (Å²) in [6, 6.07) is 2.91. The van der Waals surface area contributed by atoms with Crippen molar-refractivity contribution < 1.29 is 13.5 Å². The van der Waals surface area contributed by atoms with E-state index in [-0.39, 0.29) is 29.1 Å². The van der Waals surface area contributed by atoms with Crippen LogP contribution in [0.5, 0.6) is 0 Å². The molecule has 0 aromatic heterocycles. The zero-order valence-electron chi connectivity index (χ0n) is 11.3. The van der Waals surface area contributed by atoms with Crippen molar-refractivity contribution in [3.05, 3.63) is 22.7 Å². The van der Waals surface area contributed by atoms with Gasteiger partial charge in [0.15, 0.2) is 0 Å². The van der Waals surface area contributed by atoms with Crippen LogP contribution in [0.4, 0.5) is 5.69 Å². The predicted molar refractivity (Wildman–Crippen MR) is 79.2 cm³/mol. The van der Waals surface area contributed by atoms with Crippen molar-refractivity contribution in [1.29, 1.82) is 0 Å². The number of hydrogen-bond acceptors (Lipinski definition) is 4. The monoisotopic (exact) mass is 318 g/mol. The number of anilines is 1. The van der Waals surface area contributed by atoms with Gasteiger partial charge >= 0.3 is 0 Å². The van der Waals surface area contributed by atoms with Crippen molar-refractivity contribution in [2.24, 2.45) is 0 Å². The molecule has 0 saturated heterocycles. The molecule has 0 spiro atoms. The van der Waals surface area contributed by atoms with Gasteiger partial charge in [-0.25, -0.2) is 8.42 Å². The number of aryl methyl sites for hydroxylation is 1. The molecule has 0 radical (unpaired) electrons. The number of aliphatic hydroxyl groups excluding tert-OH is 1. The largest absolute Gasteiger partial charge is 0.398 e. The predicted octanol–water partition coefficient (Wildman–Crippen LogP) is 1.77. The van der Waals surface area contributed by atoms with Gasteiger partial charge in [-0.2, -0.15) is 4.31 Å². The van der Waals surface area contributed by atoms with E-state index >= 15 is 0 Å². The Labute approximate surface area is 124 Å². The average molecular weight is 319 g/mol. The highest BCUT2D eigenvalue weighted by Gasteiger charge is 2.35. The molecule has 2 rings (SSSR count). The first-order valence-corrected chi connectivity index (χ1v) is 8.38. The van der Waals surface area contributed by atoms with Crippen molar-refractivity contribution >= 4 is 27.3 Å². The van der Waals surface area contributed by atoms with Crippen molar-refractivity contribution in [2.75, 3.05) is 18.9 Å². The normalized spacial score (nSPS) is 16.4. The molecule has 0 unspecified atom stereocenters. The van der Waals surface area contributed by atoms with E-state index in [1.54, 1.807) is 13.0 Å². The third-order valence-corrected chi connectivity index (χ3v) is 6.13. The van der Waals surface area contributed by atoms with E-state index in [9.17, 15) is 8.42 Å². The maximum absolute atomic E-state index is 12.7. The van der Waals surface area contributed by atoms with Crippen molar-refractivity contribution in [2.45, 2.75) is 37.1 Å². The van der Waals surface area contributed by atoms with Crippen LogP contribution in [-0.2, 0) is 10.0 Å². The molecule has 0 amide bonds. The summed E-state index contributed by atoms with van der Waals surface area (Å²) in [5.74, 6) is 0. The third-order valence-electron chi connectivity index (χ3n) is 3.71. The highest BCUT2D eigenvalue weighted by atomic mass is 35.5. The molecule has 20 heavy (non-hydrogen) atoms. The molecule has 1 aliphatic rings. The summed E-state index contributed by atoms with van der Waals surface area (Å²) in [5, 5.41) is 9.29. The number of nitrogens with zero attached hydrogens (tertiary/aromatic N) is 1. The van der Waals surface area contributed by atoms with Crippen LogP contribution in [0.3, 0.4) is 0 Å². The molecule has 1 aromatic rings. The lowest BCUT2D eigenvalue weighted by atomic mass is 9.93. The van der Waals surface area contributed by atoms with Gasteiger partial charge in [-0.15, -0.1) is 0 Å². The third kappa shape index (κ3) is 2.79. The van der Waals surface area contributed by atoms with Crippen LogP contribution in [0.1, 0.15) is 24.8 Å². The highest BCUT2D eigenvalue weighted by Crippen LogP contribution is 2.34. The van der Waals surface area contributed by atoms with Crippen LogP contribution < -0.4 is 5.73 Å². The summed E-state index contributed by atoms with van der Waals surface area (Å²) in [7, 11) is -3.73. The molecule has 1 saturated carbocycles. The quantitative estimate of drug-likeness (QED) is 0.810. The number of rotatable bonds is 5. The number of hydrogen-bond donors (Lipinski definition) is 2. The molecule has 0 aliphatic heterocycles. The summed E-state index contributed by atoms with van der Waals surface area (Å²) < 4.78 is 26.8. The topological polar surface area (TPSA) is 83.6 Å². The van der Waals surface area contributed by atoms with Crippen LogP contribution in [0.2, 0.25) is 5.02 Å². The average Bonchev–Trinajstić information content (AvgIpc) is 2.30. The van der Waals surface area contributed by atoms with Crippen LogP contribution in [0.15, 0.2) is 17.0 Å². The lowest BCUT2D eigenvalue weighted by Crippen LogP contribution is -2.45. The van der Waals surface area contributed by atoms with Crippen molar-refractivity contribution in [1.82, 2.24) is 4.31 Å². The van der Waals surface area contributed by atoms with Gasteiger partial charge in [0.25, 0.3) is 0 Å². The minimum Gasteiger partial charge on any atom is -0.398 e. The summed E-state index contributed by atoms with van der Waals surface area (Å²) in [5.41, 5.74) is 6.93. The van der Waals surface area contributed by atoms with Gasteiger partial charge in [0, 0.05) is 18.3 Å². The number of halogens is 1. The lowest BCUT2D eigenvalue weighted by molar-refractivity contribution is 0.178. The van der Waals surface area contributed by atoms with E-state index in [1.807, 2.05) is 0 Å². The van der Waals surface area contributed by atoms with Crippen LogP contribution in [-0.4, -0.2) is 37.0 Å². The Kier molecular flexibility index (Phi) is 4.59. The van der Waals surface area contributed by atoms with Crippen molar-refractivity contribution in [3.8, 4) is 0 Å². The van der Waals surface area contributed by atoms with E-state index in [2.05, 4.69) is 0 Å². The molecule has 7 heteroatoms. The van der Waals surface area contributed by atoms with Crippen LogP contribution in [0, 0.1) is 6.92 Å². The molecule has 5 nitrogen and oxygen atoms in total.